The van der Waals surface area contributed by atoms with Gasteiger partial charge in [-0.3, -0.25) is 96.1 Å². The van der Waals surface area contributed by atoms with Crippen molar-refractivity contribution in [2.45, 2.75) is 215 Å². The minimum absolute atomic E-state index is 0.0227. The van der Waals surface area contributed by atoms with Crippen LogP contribution in [0.4, 0.5) is 0 Å². The number of thioether (sulfide) groups is 4. The number of aliphatic hydroxyl groups excluding tert-OH is 1. The van der Waals surface area contributed by atoms with E-state index in [0.29, 0.717) is 61.6 Å². The minimum atomic E-state index is -1.96. The van der Waals surface area contributed by atoms with Gasteiger partial charge >= 0.3 is 5.97 Å². The zero-order valence-electron chi connectivity index (χ0n) is 83.7. The predicted octanol–water partition coefficient (Wildman–Crippen LogP) is -2.22. The third-order valence-corrected chi connectivity index (χ3v) is 30.5. The van der Waals surface area contributed by atoms with E-state index in [1.54, 1.807) is 111 Å². The van der Waals surface area contributed by atoms with Gasteiger partial charge < -0.3 is 130 Å². The maximum absolute atomic E-state index is 15.7. The number of unbranched alkanes of at least 4 members (excludes halogenated alkanes) is 1. The number of primary amides is 1. The number of hydrogen-bond donors (Lipinski definition) is 20. The van der Waals surface area contributed by atoms with Crippen LogP contribution >= 0.6 is 47.0 Å². The van der Waals surface area contributed by atoms with Crippen LogP contribution in [0.3, 0.4) is 0 Å². The average Bonchev–Trinajstić information content (AvgIpc) is 1.64. The highest BCUT2D eigenvalue weighted by atomic mass is 32.2. The number of rotatable bonds is 22. The molecule has 5 aromatic heterocycles. The van der Waals surface area contributed by atoms with Gasteiger partial charge in [0.1, 0.15) is 90.2 Å². The summed E-state index contributed by atoms with van der Waals surface area (Å²) in [5, 5.41) is 58.3. The first-order chi connectivity index (χ1) is 72.1. The molecule has 5 fully saturated rings. The molecular formula is C99H131N25O22S4. The van der Waals surface area contributed by atoms with E-state index in [4.69, 9.17) is 11.5 Å². The molecule has 4 bridgehead atoms. The second kappa shape index (κ2) is 56.1. The van der Waals surface area contributed by atoms with Crippen molar-refractivity contribution in [2.24, 2.45) is 17.4 Å². The van der Waals surface area contributed by atoms with E-state index in [1.165, 1.54) is 61.8 Å². The highest BCUT2D eigenvalue weighted by Crippen LogP contribution is 2.29. The molecule has 150 heavy (non-hydrogen) atoms. The Kier molecular flexibility index (Phi) is 42.9. The number of nitrogens with one attached hydrogen (secondary N) is 16. The summed E-state index contributed by atoms with van der Waals surface area (Å²) < 4.78 is 0. The van der Waals surface area contributed by atoms with E-state index in [0.717, 1.165) is 35.3 Å². The number of carbonyl (C=O) groups is 20. The molecule has 12 rings (SSSR count). The molecular weight excluding hydrogens is 2020 g/mol. The Bertz CT molecular complexity index is 6030. The summed E-state index contributed by atoms with van der Waals surface area (Å²) in [5.74, 6) is -20.0. The molecule has 15 atom stereocenters. The molecule has 0 radical (unpaired) electrons. The summed E-state index contributed by atoms with van der Waals surface area (Å²) in [6.45, 7) is 1.58. The lowest BCUT2D eigenvalue weighted by atomic mass is 9.96. The van der Waals surface area contributed by atoms with Crippen LogP contribution in [0.2, 0.25) is 0 Å². The summed E-state index contributed by atoms with van der Waals surface area (Å²) >= 11 is 4.29. The van der Waals surface area contributed by atoms with Gasteiger partial charge in [0.2, 0.25) is 112 Å². The number of nitrogens with two attached hydrogens (primary N) is 2. The summed E-state index contributed by atoms with van der Waals surface area (Å²) in [6.07, 6.45) is 7.34. The third kappa shape index (κ3) is 31.8. The van der Waals surface area contributed by atoms with Crippen LogP contribution in [0.15, 0.2) is 110 Å². The Hall–Kier alpha value is -13.9. The number of amides is 19. The number of aliphatic carboxylic acids is 1. The monoisotopic (exact) mass is 2150 g/mol. The van der Waals surface area contributed by atoms with Gasteiger partial charge in [-0.25, -0.2) is 9.78 Å². The molecule has 19 amide bonds. The number of aliphatic hydroxyl groups is 1. The van der Waals surface area contributed by atoms with E-state index in [2.05, 4.69) is 94.0 Å². The Balaban J connectivity index is 0.888. The molecule has 2 aromatic carbocycles. The minimum Gasteiger partial charge on any atom is -0.480 e. The number of carboxylic acid groups (broad SMARTS) is 1. The Morgan fingerprint density at radius 1 is 0.500 bits per heavy atom. The molecule has 7 aromatic rings. The standard InChI is InChI=1S/C99H131N25O22S4/c1-5-55(2)84-96(142)115-69(39-57-44-104-64-21-8-6-18-61(57)64)90(136)118-76(99(145)146)51-150-38-29-83(131)122-53-120-52-121(54-122)82(130)28-37-149-50-75(108-56(3)126)98(144)124-34-15-24-77(124)94(140)114-70(42-60-17-11-13-31-102-60)86(132)107-47-80(128)109-74(49-148-36-27-81(120)129)93(139)111-67(26-35-147-4)88(134)110-66(23-10-12-30-100)87(133)113-71(43-79(101)127)91(137)112-68(40-59-46-106-85-63(59)20-14-32-103-85)89(135)117-73(48-125)92(138)116-72(41-58-45-105-65-22-9-7-19-62(58)65)97(143)123-33-16-25-78(123)95(141)119-84/h6-9,11,13-14,17-22,31-32,44-46,55,66-78,84,104-105,125H,5,10,12,15-16,23-30,33-43,47-54,100H2,1-4H3,(H2,101,127)(H,103,106)(H,107,132)(H,108,126)(H,109,128)(H,110,134)(H,111,139)(H,112,137)(H,113,133)(H,114,140)(H,115,142)(H,116,138)(H,117,135)(H,118,136)(H,119,141)(H,145,146)/t55-,66-,67-,68-,69-,70-,71-,72-,73-,74-,75+,76-,77-,78-,84-/m0/s1. The number of benzene rings is 2. The topological polar surface area (TPSA) is 680 Å². The fraction of sp³-hybridized carbons (Fsp3) is 0.515. The molecule has 5 aliphatic heterocycles. The van der Waals surface area contributed by atoms with Crippen LogP contribution in [0.1, 0.15) is 127 Å². The van der Waals surface area contributed by atoms with Gasteiger partial charge in [0, 0.05) is 163 Å². The average molecular weight is 2150 g/mol. The first kappa shape index (κ1) is 115. The van der Waals surface area contributed by atoms with Crippen molar-refractivity contribution in [1.82, 2.24) is 119 Å². The second-order valence-electron chi connectivity index (χ2n) is 37.4. The van der Waals surface area contributed by atoms with Crippen LogP contribution in [0.5, 0.6) is 0 Å². The van der Waals surface area contributed by atoms with Crippen LogP contribution in [0.25, 0.3) is 32.8 Å². The van der Waals surface area contributed by atoms with Crippen LogP contribution in [-0.2, 0) is 122 Å². The van der Waals surface area contributed by atoms with Gasteiger partial charge in [-0.15, -0.1) is 0 Å². The summed E-state index contributed by atoms with van der Waals surface area (Å²) in [6, 6.07) is 0.255. The van der Waals surface area contributed by atoms with E-state index in [-0.39, 0.29) is 170 Å². The van der Waals surface area contributed by atoms with Crippen LogP contribution in [0, 0.1) is 5.92 Å². The fourth-order valence-electron chi connectivity index (χ4n) is 18.4. The normalized spacial score (nSPS) is 24.9. The zero-order valence-corrected chi connectivity index (χ0v) is 86.9. The molecule has 0 unspecified atom stereocenters. The zero-order chi connectivity index (χ0) is 108. The lowest BCUT2D eigenvalue weighted by Crippen LogP contribution is -2.62. The first-order valence-electron chi connectivity index (χ1n) is 49.9. The quantitative estimate of drug-likeness (QED) is 0.0320. The SMILES string of the molecule is CC[C@H](C)[C@@H]1NC(=O)[C@@H]2CCCN2C(=O)[C@H](Cc2c[nH]c3ccccc23)NC(=O)[C@H](CO)NC(=O)[C@H](Cc2c[nH]c3ncccc23)NC(=O)[C@H](CC(N)=O)NC(=O)[C@H](CCCCN)NC(=O)[C@H](CCSC)NC(=O)[C@@H]2CSCCC(=O)N3CN(CN(C3)C(=O)CCSC[C@@H](NC(C)=O)C(=O)N3CCC[C@H]3C(=O)N[C@@H](Cc3ccccn3)C(=O)NCC(=O)N2)C(=O)CCSC[C@@H](C(=O)O)NC(=O)[C@H](Cc2c[nH]c3ccccc23)NC1=O. The van der Waals surface area contributed by atoms with Crippen molar-refractivity contribution in [3.8, 4) is 0 Å². The smallest absolute Gasteiger partial charge is 0.327 e. The summed E-state index contributed by atoms with van der Waals surface area (Å²) in [4.78, 5) is 318. The number of H-pyrrole nitrogens is 3. The van der Waals surface area contributed by atoms with Gasteiger partial charge in [0.05, 0.1) is 39.6 Å². The Labute approximate surface area is 881 Å². The second-order valence-corrected chi connectivity index (χ2v) is 41.9. The molecule has 51 heteroatoms. The van der Waals surface area contributed by atoms with Crippen molar-refractivity contribution >= 4 is 198 Å². The molecule has 0 aliphatic carbocycles. The molecule has 47 nitrogen and oxygen atoms in total. The van der Waals surface area contributed by atoms with Crippen molar-refractivity contribution < 1.29 is 106 Å². The maximum Gasteiger partial charge on any atom is 0.327 e. The lowest BCUT2D eigenvalue weighted by Gasteiger charge is -2.42. The fourth-order valence-corrected chi connectivity index (χ4v) is 21.7. The maximum atomic E-state index is 15.7. The van der Waals surface area contributed by atoms with Crippen molar-refractivity contribution in [1.29, 1.82) is 0 Å². The first-order valence-corrected chi connectivity index (χ1v) is 54.7. The van der Waals surface area contributed by atoms with Crippen molar-refractivity contribution in [3.05, 3.63) is 132 Å². The number of para-hydroxylation sites is 2. The molecule has 808 valence electrons. The van der Waals surface area contributed by atoms with E-state index >= 15 is 47.9 Å². The largest absolute Gasteiger partial charge is 0.480 e. The van der Waals surface area contributed by atoms with Gasteiger partial charge in [-0.2, -0.15) is 47.0 Å². The Morgan fingerprint density at radius 3 is 1.56 bits per heavy atom. The predicted molar refractivity (Wildman–Crippen MR) is 558 cm³/mol. The molecule has 5 aliphatic rings. The van der Waals surface area contributed by atoms with Crippen molar-refractivity contribution in [3.63, 3.8) is 0 Å². The molecule has 5 saturated heterocycles. The highest BCUT2D eigenvalue weighted by Gasteiger charge is 2.45. The number of nitrogens with zero attached hydrogens (tertiary/aromatic N) is 7. The molecule has 0 saturated carbocycles. The molecule has 10 heterocycles. The number of pyridine rings is 2. The number of hydrogen-bond acceptors (Lipinski definition) is 28. The van der Waals surface area contributed by atoms with E-state index < -0.39 is 235 Å². The third-order valence-electron chi connectivity index (χ3n) is 26.6. The van der Waals surface area contributed by atoms with Gasteiger partial charge in [0.25, 0.3) is 0 Å². The number of aromatic nitrogens is 5. The summed E-state index contributed by atoms with van der Waals surface area (Å²) in [5.41, 5.74) is 15.1. The number of aromatic amines is 3. The molecule has 22 N–H and O–H groups in total. The Morgan fingerprint density at radius 2 is 0.980 bits per heavy atom. The lowest BCUT2D eigenvalue weighted by molar-refractivity contribution is -0.158. The summed E-state index contributed by atoms with van der Waals surface area (Å²) in [7, 11) is 0. The van der Waals surface area contributed by atoms with Gasteiger partial charge in [0.15, 0.2) is 0 Å². The number of fused-ring (bicyclic) bond motifs is 12. The number of carbonyl (C=O) groups excluding carboxylic acids is 19. The van der Waals surface area contributed by atoms with Crippen LogP contribution < -0.4 is 80.6 Å². The molecule has 0 spiro atoms. The van der Waals surface area contributed by atoms with Gasteiger partial charge in [-0.05, 0) is 129 Å². The van der Waals surface area contributed by atoms with Crippen molar-refractivity contribution in [2.75, 3.05) is 99.3 Å². The highest BCUT2D eigenvalue weighted by molar-refractivity contribution is 7.99. The van der Waals surface area contributed by atoms with Gasteiger partial charge in [-0.1, -0.05) is 62.7 Å². The van der Waals surface area contributed by atoms with Crippen LogP contribution in [-0.4, -0.2) is 362 Å². The van der Waals surface area contributed by atoms with E-state index in [9.17, 15) is 58.2 Å². The van der Waals surface area contributed by atoms with E-state index in [1.807, 2.05) is 0 Å². The number of carboxylic acids is 1.